The molecule has 0 atom stereocenters. The van der Waals surface area contributed by atoms with Crippen LogP contribution in [-0.2, 0) is 9.53 Å². The summed E-state index contributed by atoms with van der Waals surface area (Å²) in [6, 6.07) is 11.7. The predicted octanol–water partition coefficient (Wildman–Crippen LogP) is 4.22. The lowest BCUT2D eigenvalue weighted by atomic mass is 10.2. The van der Waals surface area contributed by atoms with E-state index in [2.05, 4.69) is 15.4 Å². The topological polar surface area (TPSA) is 67.4 Å². The number of halogens is 2. The average molecular weight is 367 g/mol. The molecule has 0 aliphatic rings. The first kappa shape index (κ1) is 18.1. The zero-order valence-electron chi connectivity index (χ0n) is 12.9. The maximum absolute atomic E-state index is 12.0. The number of amides is 1. The van der Waals surface area contributed by atoms with Crippen molar-refractivity contribution < 1.29 is 14.3 Å². The fraction of sp³-hybridized carbons (Fsp3) is 0.176. The van der Waals surface area contributed by atoms with Crippen molar-refractivity contribution >= 4 is 46.5 Å². The van der Waals surface area contributed by atoms with Gasteiger partial charge in [0, 0.05) is 23.7 Å². The summed E-state index contributed by atoms with van der Waals surface area (Å²) >= 11 is 11.8. The molecule has 0 aliphatic heterocycles. The standard InChI is InChI=1S/C17H16Cl2N2O3/c1-24-17(23)11-2-7-14(19)15(10-11)21-16(22)8-9-20-13-5-3-12(18)4-6-13/h2-7,10,20H,8-9H2,1H3,(H,21,22). The number of methoxy groups -OCH3 is 1. The highest BCUT2D eigenvalue weighted by Gasteiger charge is 2.11. The molecule has 2 N–H and O–H groups in total. The van der Waals surface area contributed by atoms with E-state index in [4.69, 9.17) is 23.2 Å². The van der Waals surface area contributed by atoms with Gasteiger partial charge in [0.2, 0.25) is 5.91 Å². The molecule has 0 bridgehead atoms. The Morgan fingerprint density at radius 2 is 1.79 bits per heavy atom. The van der Waals surface area contributed by atoms with Crippen LogP contribution in [0.25, 0.3) is 0 Å². The number of hydrogen-bond acceptors (Lipinski definition) is 4. The smallest absolute Gasteiger partial charge is 0.337 e. The summed E-state index contributed by atoms with van der Waals surface area (Å²) in [5.41, 5.74) is 1.56. The highest BCUT2D eigenvalue weighted by atomic mass is 35.5. The highest BCUT2D eigenvalue weighted by molar-refractivity contribution is 6.33. The first-order valence-electron chi connectivity index (χ1n) is 7.17. The molecule has 5 nitrogen and oxygen atoms in total. The van der Waals surface area contributed by atoms with Gasteiger partial charge in [-0.05, 0) is 42.5 Å². The van der Waals surface area contributed by atoms with Crippen LogP contribution >= 0.6 is 23.2 Å². The normalized spacial score (nSPS) is 10.1. The summed E-state index contributed by atoms with van der Waals surface area (Å²) in [5, 5.41) is 6.80. The Balaban J connectivity index is 1.90. The lowest BCUT2D eigenvalue weighted by Crippen LogP contribution is -2.17. The lowest BCUT2D eigenvalue weighted by Gasteiger charge is -2.10. The number of rotatable bonds is 6. The average Bonchev–Trinajstić information content (AvgIpc) is 2.58. The third kappa shape index (κ3) is 5.15. The minimum atomic E-state index is -0.494. The number of esters is 1. The van der Waals surface area contributed by atoms with Crippen molar-refractivity contribution in [2.75, 3.05) is 24.3 Å². The molecule has 0 aromatic heterocycles. The highest BCUT2D eigenvalue weighted by Crippen LogP contribution is 2.23. The van der Waals surface area contributed by atoms with Crippen LogP contribution in [0.5, 0.6) is 0 Å². The quantitative estimate of drug-likeness (QED) is 0.751. The summed E-state index contributed by atoms with van der Waals surface area (Å²) in [6.07, 6.45) is 0.238. The van der Waals surface area contributed by atoms with Crippen molar-refractivity contribution in [1.29, 1.82) is 0 Å². The zero-order valence-corrected chi connectivity index (χ0v) is 14.4. The van der Waals surface area contributed by atoms with E-state index < -0.39 is 5.97 Å². The van der Waals surface area contributed by atoms with Gasteiger partial charge in [0.1, 0.15) is 0 Å². The molecule has 0 aliphatic carbocycles. The number of carbonyl (C=O) groups excluding carboxylic acids is 2. The fourth-order valence-electron chi connectivity index (χ4n) is 1.97. The van der Waals surface area contributed by atoms with Gasteiger partial charge in [0.15, 0.2) is 0 Å². The van der Waals surface area contributed by atoms with Crippen molar-refractivity contribution in [2.24, 2.45) is 0 Å². The van der Waals surface area contributed by atoms with Crippen LogP contribution in [0, 0.1) is 0 Å². The summed E-state index contributed by atoms with van der Waals surface area (Å²) in [5.74, 6) is -0.716. The summed E-state index contributed by atoms with van der Waals surface area (Å²) < 4.78 is 4.64. The number of ether oxygens (including phenoxy) is 1. The molecule has 0 spiro atoms. The van der Waals surface area contributed by atoms with Crippen LogP contribution in [-0.4, -0.2) is 25.5 Å². The second-order valence-corrected chi connectivity index (χ2v) is 5.76. The third-order valence-corrected chi connectivity index (χ3v) is 3.77. The minimum Gasteiger partial charge on any atom is -0.465 e. The predicted molar refractivity (Wildman–Crippen MR) is 96.0 cm³/mol. The molecule has 0 unspecified atom stereocenters. The molecule has 7 heteroatoms. The molecular weight excluding hydrogens is 351 g/mol. The number of carbonyl (C=O) groups is 2. The second kappa shape index (κ2) is 8.57. The molecule has 0 fully saturated rings. The van der Waals surface area contributed by atoms with Crippen LogP contribution in [0.4, 0.5) is 11.4 Å². The molecular formula is C17H16Cl2N2O3. The zero-order chi connectivity index (χ0) is 17.5. The Labute approximate surface area is 149 Å². The molecule has 0 saturated carbocycles. The number of benzene rings is 2. The molecule has 126 valence electrons. The van der Waals surface area contributed by atoms with Crippen molar-refractivity contribution in [3.8, 4) is 0 Å². The van der Waals surface area contributed by atoms with E-state index in [1.54, 1.807) is 12.1 Å². The molecule has 0 saturated heterocycles. The lowest BCUT2D eigenvalue weighted by molar-refractivity contribution is -0.115. The van der Waals surface area contributed by atoms with E-state index >= 15 is 0 Å². The van der Waals surface area contributed by atoms with E-state index in [1.807, 2.05) is 12.1 Å². The van der Waals surface area contributed by atoms with Crippen molar-refractivity contribution in [1.82, 2.24) is 0 Å². The van der Waals surface area contributed by atoms with Crippen LogP contribution in [0.3, 0.4) is 0 Å². The Bertz CT molecular complexity index is 733. The van der Waals surface area contributed by atoms with Crippen molar-refractivity contribution in [2.45, 2.75) is 6.42 Å². The van der Waals surface area contributed by atoms with E-state index in [0.29, 0.717) is 27.8 Å². The third-order valence-electron chi connectivity index (χ3n) is 3.19. The SMILES string of the molecule is COC(=O)c1ccc(Cl)c(NC(=O)CCNc2ccc(Cl)cc2)c1. The first-order valence-corrected chi connectivity index (χ1v) is 7.92. The van der Waals surface area contributed by atoms with E-state index in [-0.39, 0.29) is 12.3 Å². The van der Waals surface area contributed by atoms with Gasteiger partial charge in [0.05, 0.1) is 23.4 Å². The molecule has 1 amide bonds. The largest absolute Gasteiger partial charge is 0.465 e. The van der Waals surface area contributed by atoms with Gasteiger partial charge in [-0.15, -0.1) is 0 Å². The second-order valence-electron chi connectivity index (χ2n) is 4.92. The minimum absolute atomic E-state index is 0.222. The molecule has 24 heavy (non-hydrogen) atoms. The van der Waals surface area contributed by atoms with Gasteiger partial charge >= 0.3 is 5.97 Å². The van der Waals surface area contributed by atoms with Gasteiger partial charge in [0.25, 0.3) is 0 Å². The number of anilines is 2. The maximum Gasteiger partial charge on any atom is 0.337 e. The fourth-order valence-corrected chi connectivity index (χ4v) is 2.26. The molecule has 2 aromatic carbocycles. The van der Waals surface area contributed by atoms with Gasteiger partial charge in [-0.2, -0.15) is 0 Å². The van der Waals surface area contributed by atoms with E-state index in [0.717, 1.165) is 5.69 Å². The Morgan fingerprint density at radius 3 is 2.46 bits per heavy atom. The van der Waals surface area contributed by atoms with Gasteiger partial charge in [-0.25, -0.2) is 4.79 Å². The molecule has 0 radical (unpaired) electrons. The van der Waals surface area contributed by atoms with Gasteiger partial charge in [-0.3, -0.25) is 4.79 Å². The van der Waals surface area contributed by atoms with Crippen LogP contribution in [0.2, 0.25) is 10.0 Å². The summed E-state index contributed by atoms with van der Waals surface area (Å²) in [7, 11) is 1.29. The molecule has 0 heterocycles. The van der Waals surface area contributed by atoms with Gasteiger partial charge in [-0.1, -0.05) is 23.2 Å². The van der Waals surface area contributed by atoms with E-state index in [9.17, 15) is 9.59 Å². The maximum atomic E-state index is 12.0. The van der Waals surface area contributed by atoms with Crippen LogP contribution < -0.4 is 10.6 Å². The number of hydrogen-bond donors (Lipinski definition) is 2. The van der Waals surface area contributed by atoms with Crippen LogP contribution in [0.1, 0.15) is 16.8 Å². The Morgan fingerprint density at radius 1 is 1.08 bits per heavy atom. The van der Waals surface area contributed by atoms with Crippen molar-refractivity contribution in [3.05, 3.63) is 58.1 Å². The van der Waals surface area contributed by atoms with Crippen molar-refractivity contribution in [3.63, 3.8) is 0 Å². The van der Waals surface area contributed by atoms with Gasteiger partial charge < -0.3 is 15.4 Å². The molecule has 2 aromatic rings. The van der Waals surface area contributed by atoms with Crippen LogP contribution in [0.15, 0.2) is 42.5 Å². The Hall–Kier alpha value is -2.24. The molecule has 2 rings (SSSR count). The number of nitrogens with one attached hydrogen (secondary N) is 2. The first-order chi connectivity index (χ1) is 11.5. The monoisotopic (exact) mass is 366 g/mol. The summed E-state index contributed by atoms with van der Waals surface area (Å²) in [4.78, 5) is 23.5. The Kier molecular flexibility index (Phi) is 6.46. The summed E-state index contributed by atoms with van der Waals surface area (Å²) in [6.45, 7) is 0.446. The van der Waals surface area contributed by atoms with E-state index in [1.165, 1.54) is 25.3 Å².